The monoisotopic (exact) mass is 331 g/mol. The van der Waals surface area contributed by atoms with Crippen molar-refractivity contribution in [3.63, 3.8) is 0 Å². The van der Waals surface area contributed by atoms with Crippen LogP contribution in [0.1, 0.15) is 42.1 Å². The Kier molecular flexibility index (Phi) is 5.31. The van der Waals surface area contributed by atoms with Crippen LogP contribution in [0.25, 0.3) is 0 Å². The molecule has 0 radical (unpaired) electrons. The van der Waals surface area contributed by atoms with Gasteiger partial charge in [0.1, 0.15) is 0 Å². The van der Waals surface area contributed by atoms with Crippen molar-refractivity contribution in [2.75, 3.05) is 23.7 Å². The maximum atomic E-state index is 14.7. The van der Waals surface area contributed by atoms with Gasteiger partial charge in [-0.3, -0.25) is 13.4 Å². The van der Waals surface area contributed by atoms with E-state index in [2.05, 4.69) is 4.74 Å². The first-order valence-corrected chi connectivity index (χ1v) is 9.02. The zero-order chi connectivity index (χ0) is 16.3. The van der Waals surface area contributed by atoms with Gasteiger partial charge in [-0.2, -0.15) is 0 Å². The maximum absolute atomic E-state index is 14.7. The third-order valence-electron chi connectivity index (χ3n) is 3.71. The van der Waals surface area contributed by atoms with Gasteiger partial charge in [0.05, 0.1) is 24.1 Å². The van der Waals surface area contributed by atoms with E-state index in [-0.39, 0.29) is 17.0 Å². The van der Waals surface area contributed by atoms with Crippen LogP contribution in [0.4, 0.5) is 10.1 Å². The van der Waals surface area contributed by atoms with Crippen molar-refractivity contribution in [1.29, 1.82) is 0 Å². The van der Waals surface area contributed by atoms with Crippen LogP contribution < -0.4 is 4.31 Å². The molecule has 0 bridgehead atoms. The molecular weight excluding hydrogens is 309 g/mol. The van der Waals surface area contributed by atoms with Crippen LogP contribution in [0.15, 0.2) is 12.1 Å². The molecule has 0 spiro atoms. The average Bonchev–Trinajstić information content (AvgIpc) is 2.48. The summed E-state index contributed by atoms with van der Waals surface area (Å²) in [6.07, 6.45) is 2.95. The Morgan fingerprint density at radius 2 is 2.14 bits per heavy atom. The molecule has 0 atom stereocenters. The number of esters is 1. The molecule has 0 saturated carbocycles. The predicted molar refractivity (Wildman–Crippen MR) is 86.0 cm³/mol. The topological polar surface area (TPSA) is 70.0 Å². The zero-order valence-corrected chi connectivity index (χ0v) is 13.7. The highest BCUT2D eigenvalue weighted by atomic mass is 32.3. The zero-order valence-electron chi connectivity index (χ0n) is 12.8. The minimum absolute atomic E-state index is 0.0750. The van der Waals surface area contributed by atoms with E-state index in [0.29, 0.717) is 19.4 Å². The number of halogens is 1. The van der Waals surface area contributed by atoms with Crippen molar-refractivity contribution in [3.8, 4) is 0 Å². The minimum atomic E-state index is -3.04. The fraction of sp³-hybridized carbons (Fsp3) is 0.533. The predicted octanol–water partition coefficient (Wildman–Crippen LogP) is 3.83. The van der Waals surface area contributed by atoms with E-state index in [1.807, 2.05) is 6.92 Å². The number of carbonyl (C=O) groups excluding carboxylic acids is 1. The molecule has 7 heteroatoms. The fourth-order valence-electron chi connectivity index (χ4n) is 2.63. The van der Waals surface area contributed by atoms with Crippen LogP contribution >= 0.6 is 10.8 Å². The molecule has 1 saturated heterocycles. The number of aryl methyl sites for hydroxylation is 1. The molecule has 1 aliphatic rings. The van der Waals surface area contributed by atoms with Gasteiger partial charge in [-0.15, -0.1) is 10.8 Å². The number of hydrogen-bond donors (Lipinski definition) is 2. The second kappa shape index (κ2) is 6.85. The molecule has 2 rings (SSSR count). The van der Waals surface area contributed by atoms with Gasteiger partial charge in [-0.1, -0.05) is 13.3 Å². The first-order valence-electron chi connectivity index (χ1n) is 7.35. The Morgan fingerprint density at radius 1 is 1.41 bits per heavy atom. The van der Waals surface area contributed by atoms with Crippen LogP contribution in [0.5, 0.6) is 0 Å². The summed E-state index contributed by atoms with van der Waals surface area (Å²) in [7, 11) is -1.84. The number of rotatable bonds is 4. The van der Waals surface area contributed by atoms with Gasteiger partial charge >= 0.3 is 5.97 Å². The van der Waals surface area contributed by atoms with Crippen LogP contribution in [0.2, 0.25) is 0 Å². The molecule has 5 nitrogen and oxygen atoms in total. The molecule has 1 aromatic rings. The first-order chi connectivity index (χ1) is 10.4. The van der Waals surface area contributed by atoms with E-state index < -0.39 is 22.6 Å². The summed E-state index contributed by atoms with van der Waals surface area (Å²) in [5.74, 6) is -1.29. The summed E-state index contributed by atoms with van der Waals surface area (Å²) in [5, 5.41) is 0. The summed E-state index contributed by atoms with van der Waals surface area (Å²) >= 11 is 0. The van der Waals surface area contributed by atoms with Gasteiger partial charge in [0.15, 0.2) is 5.82 Å². The molecule has 22 heavy (non-hydrogen) atoms. The lowest BCUT2D eigenvalue weighted by atomic mass is 10.0. The summed E-state index contributed by atoms with van der Waals surface area (Å²) < 4.78 is 41.0. The normalized spacial score (nSPS) is 18.9. The van der Waals surface area contributed by atoms with Crippen molar-refractivity contribution >= 4 is 22.4 Å². The minimum Gasteiger partial charge on any atom is -0.465 e. The van der Waals surface area contributed by atoms with Crippen LogP contribution in [-0.4, -0.2) is 34.5 Å². The van der Waals surface area contributed by atoms with E-state index in [9.17, 15) is 18.3 Å². The molecule has 2 N–H and O–H groups in total. The van der Waals surface area contributed by atoms with E-state index in [1.165, 1.54) is 17.5 Å². The highest BCUT2D eigenvalue weighted by Crippen LogP contribution is 2.50. The SMILES string of the molecule is CCCc1cc(C(=O)OC)c(F)c(N2CCCCS2(O)O)c1. The molecular formula is C15H22FNO4S. The summed E-state index contributed by atoms with van der Waals surface area (Å²) in [5.41, 5.74) is 0.690. The molecule has 0 amide bonds. The molecule has 1 aliphatic heterocycles. The summed E-state index contributed by atoms with van der Waals surface area (Å²) in [6.45, 7) is 2.34. The number of ether oxygens (including phenoxy) is 1. The standard InChI is InChI=1S/C15H22FNO4S/c1-3-6-11-9-12(15(18)21-2)14(16)13(10-11)17-7-4-5-8-22(17,19)20/h9-10,19-20H,3-8H2,1-2H3. The largest absolute Gasteiger partial charge is 0.465 e. The quantitative estimate of drug-likeness (QED) is 0.821. The van der Waals surface area contributed by atoms with Gasteiger partial charge in [0.2, 0.25) is 0 Å². The van der Waals surface area contributed by atoms with E-state index in [4.69, 9.17) is 0 Å². The van der Waals surface area contributed by atoms with Crippen molar-refractivity contribution in [2.24, 2.45) is 0 Å². The van der Waals surface area contributed by atoms with Gasteiger partial charge in [-0.25, -0.2) is 9.18 Å². The Morgan fingerprint density at radius 3 is 2.73 bits per heavy atom. The summed E-state index contributed by atoms with van der Waals surface area (Å²) in [6, 6.07) is 3.08. The number of benzene rings is 1. The summed E-state index contributed by atoms with van der Waals surface area (Å²) in [4.78, 5) is 11.8. The van der Waals surface area contributed by atoms with Crippen molar-refractivity contribution < 1.29 is 23.0 Å². The van der Waals surface area contributed by atoms with Crippen molar-refractivity contribution in [2.45, 2.75) is 32.6 Å². The fourth-order valence-corrected chi connectivity index (χ4v) is 4.31. The number of carbonyl (C=O) groups is 1. The van der Waals surface area contributed by atoms with Gasteiger partial charge in [-0.05, 0) is 37.0 Å². The molecule has 124 valence electrons. The van der Waals surface area contributed by atoms with Crippen molar-refractivity contribution in [1.82, 2.24) is 0 Å². The lowest BCUT2D eigenvalue weighted by Crippen LogP contribution is -2.35. The molecule has 0 aromatic heterocycles. The van der Waals surface area contributed by atoms with Crippen LogP contribution in [0.3, 0.4) is 0 Å². The molecule has 0 unspecified atom stereocenters. The van der Waals surface area contributed by atoms with Gasteiger partial charge in [0, 0.05) is 6.54 Å². The van der Waals surface area contributed by atoms with E-state index >= 15 is 0 Å². The van der Waals surface area contributed by atoms with Gasteiger partial charge in [0.25, 0.3) is 0 Å². The Balaban J connectivity index is 2.53. The number of nitrogens with zero attached hydrogens (tertiary/aromatic N) is 1. The second-order valence-corrected chi connectivity index (χ2v) is 7.48. The van der Waals surface area contributed by atoms with E-state index in [0.717, 1.165) is 18.4 Å². The number of anilines is 1. The number of methoxy groups -OCH3 is 1. The third kappa shape index (κ3) is 3.37. The van der Waals surface area contributed by atoms with Gasteiger partial charge < -0.3 is 4.74 Å². The van der Waals surface area contributed by atoms with E-state index in [1.54, 1.807) is 6.07 Å². The lowest BCUT2D eigenvalue weighted by Gasteiger charge is -2.47. The maximum Gasteiger partial charge on any atom is 0.340 e. The Labute approximate surface area is 131 Å². The highest BCUT2D eigenvalue weighted by Gasteiger charge is 2.31. The molecule has 1 heterocycles. The first kappa shape index (κ1) is 17.1. The molecule has 1 aromatic carbocycles. The third-order valence-corrected chi connectivity index (χ3v) is 5.63. The average molecular weight is 331 g/mol. The molecule has 1 fully saturated rings. The Bertz CT molecular complexity index is 565. The smallest absolute Gasteiger partial charge is 0.340 e. The highest BCUT2D eigenvalue weighted by molar-refractivity contribution is 8.25. The Hall–Kier alpha value is -1.31. The second-order valence-electron chi connectivity index (χ2n) is 5.36. The lowest BCUT2D eigenvalue weighted by molar-refractivity contribution is 0.0595. The number of hydrogen-bond acceptors (Lipinski definition) is 5. The van der Waals surface area contributed by atoms with Crippen molar-refractivity contribution in [3.05, 3.63) is 29.1 Å². The van der Waals surface area contributed by atoms with Crippen LogP contribution in [-0.2, 0) is 11.2 Å². The van der Waals surface area contributed by atoms with Crippen LogP contribution in [0, 0.1) is 5.82 Å². The molecule has 0 aliphatic carbocycles.